The van der Waals surface area contributed by atoms with Crippen molar-refractivity contribution in [1.29, 1.82) is 0 Å². The maximum absolute atomic E-state index is 12.5. The average molecular weight is 506 g/mol. The van der Waals surface area contributed by atoms with Crippen LogP contribution in [0.4, 0.5) is 11.4 Å². The first-order valence-electron chi connectivity index (χ1n) is 10.7. The summed E-state index contributed by atoms with van der Waals surface area (Å²) in [5, 5.41) is 17.6. The standard InChI is InChI=1S/C25H22N4O8/c1-15(27-28-24(31)23(30)26-17-9-11-18(35-2)12-10-17)16-8-13-21(22(14-16)36-3)37-25(32)19-6-4-5-7-20(19)29(33)34/h4-14H,1-3H3,(H,26,30)(H,28,31)/b27-15+. The third-order valence-corrected chi connectivity index (χ3v) is 4.98. The van der Waals surface area contributed by atoms with Crippen molar-refractivity contribution in [3.05, 3.63) is 88.0 Å². The van der Waals surface area contributed by atoms with Crippen molar-refractivity contribution in [2.45, 2.75) is 6.92 Å². The van der Waals surface area contributed by atoms with Crippen LogP contribution >= 0.6 is 0 Å². The second-order valence-electron chi connectivity index (χ2n) is 7.35. The van der Waals surface area contributed by atoms with Crippen molar-refractivity contribution in [3.63, 3.8) is 0 Å². The number of nitro groups is 1. The van der Waals surface area contributed by atoms with Crippen LogP contribution in [-0.2, 0) is 9.59 Å². The van der Waals surface area contributed by atoms with Gasteiger partial charge in [0.15, 0.2) is 11.5 Å². The van der Waals surface area contributed by atoms with Crippen LogP contribution in [0.15, 0.2) is 71.8 Å². The lowest BCUT2D eigenvalue weighted by Gasteiger charge is -2.11. The van der Waals surface area contributed by atoms with Crippen molar-refractivity contribution in [2.75, 3.05) is 19.5 Å². The smallest absolute Gasteiger partial charge is 0.350 e. The van der Waals surface area contributed by atoms with E-state index in [9.17, 15) is 24.5 Å². The van der Waals surface area contributed by atoms with Gasteiger partial charge in [-0.15, -0.1) is 0 Å². The lowest BCUT2D eigenvalue weighted by atomic mass is 10.1. The summed E-state index contributed by atoms with van der Waals surface area (Å²) in [6.07, 6.45) is 0. The fraction of sp³-hybridized carbons (Fsp3) is 0.120. The fourth-order valence-electron chi connectivity index (χ4n) is 3.05. The van der Waals surface area contributed by atoms with Gasteiger partial charge < -0.3 is 19.5 Å². The number of amides is 2. The number of nitro benzene ring substituents is 1. The number of anilines is 1. The zero-order chi connectivity index (χ0) is 26.9. The Hall–Kier alpha value is -5.26. The minimum Gasteiger partial charge on any atom is -0.497 e. The summed E-state index contributed by atoms with van der Waals surface area (Å²) in [6, 6.07) is 16.3. The molecule has 0 spiro atoms. The summed E-state index contributed by atoms with van der Waals surface area (Å²) < 4.78 is 15.6. The summed E-state index contributed by atoms with van der Waals surface area (Å²) in [6.45, 7) is 1.58. The normalized spacial score (nSPS) is 10.7. The average Bonchev–Trinajstić information content (AvgIpc) is 2.91. The zero-order valence-corrected chi connectivity index (χ0v) is 20.0. The molecule has 0 saturated heterocycles. The van der Waals surface area contributed by atoms with Crippen LogP contribution in [0.5, 0.6) is 17.2 Å². The Morgan fingerprint density at radius 2 is 1.59 bits per heavy atom. The van der Waals surface area contributed by atoms with E-state index in [0.717, 1.165) is 0 Å². The lowest BCUT2D eigenvalue weighted by Crippen LogP contribution is -2.32. The third-order valence-electron chi connectivity index (χ3n) is 4.98. The molecule has 0 fully saturated rings. The van der Waals surface area contributed by atoms with Crippen LogP contribution in [0.1, 0.15) is 22.8 Å². The molecule has 0 radical (unpaired) electrons. The molecule has 12 nitrogen and oxygen atoms in total. The molecule has 37 heavy (non-hydrogen) atoms. The molecule has 0 bridgehead atoms. The molecule has 190 valence electrons. The summed E-state index contributed by atoms with van der Waals surface area (Å²) in [4.78, 5) is 47.3. The molecule has 0 aromatic heterocycles. The molecular weight excluding hydrogens is 484 g/mol. The monoisotopic (exact) mass is 506 g/mol. The molecule has 3 aromatic carbocycles. The van der Waals surface area contributed by atoms with E-state index in [1.54, 1.807) is 31.2 Å². The predicted octanol–water partition coefficient (Wildman–Crippen LogP) is 3.31. The van der Waals surface area contributed by atoms with E-state index in [2.05, 4.69) is 15.8 Å². The fourth-order valence-corrected chi connectivity index (χ4v) is 3.05. The minimum absolute atomic E-state index is 0.0186. The Labute approximate surface area is 211 Å². The van der Waals surface area contributed by atoms with Crippen molar-refractivity contribution in [1.82, 2.24) is 5.43 Å². The van der Waals surface area contributed by atoms with Gasteiger partial charge >= 0.3 is 17.8 Å². The number of nitrogens with zero attached hydrogens (tertiary/aromatic N) is 2. The number of ether oxygens (including phenoxy) is 3. The summed E-state index contributed by atoms with van der Waals surface area (Å²) in [5.74, 6) is -2.08. The molecule has 0 saturated carbocycles. The number of hydrogen-bond donors (Lipinski definition) is 2. The predicted molar refractivity (Wildman–Crippen MR) is 133 cm³/mol. The van der Waals surface area contributed by atoms with Crippen molar-refractivity contribution >= 4 is 34.9 Å². The van der Waals surface area contributed by atoms with Crippen molar-refractivity contribution in [3.8, 4) is 17.2 Å². The molecule has 0 unspecified atom stereocenters. The third kappa shape index (κ3) is 6.66. The molecule has 3 aromatic rings. The quantitative estimate of drug-likeness (QED) is 0.118. The highest BCUT2D eigenvalue weighted by atomic mass is 16.6. The first-order chi connectivity index (χ1) is 17.7. The van der Waals surface area contributed by atoms with Crippen LogP contribution in [0.25, 0.3) is 0 Å². The molecule has 2 N–H and O–H groups in total. The molecule has 0 heterocycles. The van der Waals surface area contributed by atoms with Crippen molar-refractivity contribution in [2.24, 2.45) is 5.10 Å². The Kier molecular flexibility index (Phi) is 8.49. The van der Waals surface area contributed by atoms with Crippen LogP contribution in [0.2, 0.25) is 0 Å². The van der Waals surface area contributed by atoms with Crippen molar-refractivity contribution < 1.29 is 33.5 Å². The molecule has 0 aliphatic rings. The van der Waals surface area contributed by atoms with Gasteiger partial charge in [0, 0.05) is 17.3 Å². The number of para-hydroxylation sites is 1. The molecule has 0 aliphatic carbocycles. The number of esters is 1. The number of rotatable bonds is 8. The van der Waals surface area contributed by atoms with Gasteiger partial charge in [-0.2, -0.15) is 5.10 Å². The SMILES string of the molecule is COc1ccc(NC(=O)C(=O)N/N=C(\C)c2ccc(OC(=O)c3ccccc3[N+](=O)[O-])c(OC)c2)cc1. The molecule has 3 rings (SSSR count). The highest BCUT2D eigenvalue weighted by Crippen LogP contribution is 2.30. The molecule has 2 amide bonds. The topological polar surface area (TPSA) is 158 Å². The van der Waals surface area contributed by atoms with Gasteiger partial charge in [0.1, 0.15) is 11.3 Å². The molecule has 12 heteroatoms. The van der Waals surface area contributed by atoms with Crippen LogP contribution in [0.3, 0.4) is 0 Å². The number of nitrogens with one attached hydrogen (secondary N) is 2. The van der Waals surface area contributed by atoms with Gasteiger partial charge in [0.2, 0.25) is 0 Å². The van der Waals surface area contributed by atoms with E-state index in [1.807, 2.05) is 0 Å². The second-order valence-corrected chi connectivity index (χ2v) is 7.35. The Morgan fingerprint density at radius 1 is 0.892 bits per heavy atom. The Morgan fingerprint density at radius 3 is 2.24 bits per heavy atom. The highest BCUT2D eigenvalue weighted by Gasteiger charge is 2.22. The van der Waals surface area contributed by atoms with E-state index in [0.29, 0.717) is 22.7 Å². The van der Waals surface area contributed by atoms with Crippen LogP contribution in [0, 0.1) is 10.1 Å². The van der Waals surface area contributed by atoms with E-state index >= 15 is 0 Å². The molecule has 0 aliphatic heterocycles. The number of carbonyl (C=O) groups is 3. The number of carbonyl (C=O) groups excluding carboxylic acids is 3. The highest BCUT2D eigenvalue weighted by molar-refractivity contribution is 6.39. The van der Waals surface area contributed by atoms with Crippen LogP contribution in [-0.4, -0.2) is 42.6 Å². The largest absolute Gasteiger partial charge is 0.497 e. The summed E-state index contributed by atoms with van der Waals surface area (Å²) >= 11 is 0. The van der Waals surface area contributed by atoms with Gasteiger partial charge in [0.05, 0.1) is 24.9 Å². The zero-order valence-electron chi connectivity index (χ0n) is 20.0. The van der Waals surface area contributed by atoms with E-state index in [-0.39, 0.29) is 17.1 Å². The number of hydrazone groups is 1. The number of benzene rings is 3. The lowest BCUT2D eigenvalue weighted by molar-refractivity contribution is -0.385. The second kappa shape index (κ2) is 11.9. The van der Waals surface area contributed by atoms with Gasteiger partial charge in [0.25, 0.3) is 5.69 Å². The van der Waals surface area contributed by atoms with Gasteiger partial charge in [-0.3, -0.25) is 19.7 Å². The summed E-state index contributed by atoms with van der Waals surface area (Å²) in [5.41, 5.74) is 2.77. The number of hydrogen-bond acceptors (Lipinski definition) is 9. The maximum atomic E-state index is 12.5. The van der Waals surface area contributed by atoms with Gasteiger partial charge in [-0.25, -0.2) is 10.2 Å². The number of methoxy groups -OCH3 is 2. The Balaban J connectivity index is 1.68. The first-order valence-corrected chi connectivity index (χ1v) is 10.7. The van der Waals surface area contributed by atoms with E-state index in [4.69, 9.17) is 14.2 Å². The summed E-state index contributed by atoms with van der Waals surface area (Å²) in [7, 11) is 2.86. The molecule has 0 atom stereocenters. The van der Waals surface area contributed by atoms with E-state index < -0.39 is 28.4 Å². The van der Waals surface area contributed by atoms with Gasteiger partial charge in [-0.1, -0.05) is 12.1 Å². The molecular formula is C25H22N4O8. The minimum atomic E-state index is -0.989. The Bertz CT molecular complexity index is 1370. The maximum Gasteiger partial charge on any atom is 0.350 e. The van der Waals surface area contributed by atoms with Gasteiger partial charge in [-0.05, 0) is 55.5 Å². The van der Waals surface area contributed by atoms with E-state index in [1.165, 1.54) is 56.7 Å². The van der Waals surface area contributed by atoms with Crippen LogP contribution < -0.4 is 25.0 Å². The first kappa shape index (κ1) is 26.3.